The van der Waals surface area contributed by atoms with Crippen LogP contribution in [0.15, 0.2) is 18.3 Å². The Morgan fingerprint density at radius 3 is 2.83 bits per heavy atom. The van der Waals surface area contributed by atoms with Gasteiger partial charge >= 0.3 is 0 Å². The maximum Gasteiger partial charge on any atom is 0.210 e. The molecule has 1 unspecified atom stereocenters. The zero-order valence-electron chi connectivity index (χ0n) is 10.5. The van der Waals surface area contributed by atoms with Gasteiger partial charge in [-0.3, -0.25) is 4.79 Å². The van der Waals surface area contributed by atoms with Gasteiger partial charge in [0.1, 0.15) is 5.82 Å². The van der Waals surface area contributed by atoms with Gasteiger partial charge in [-0.2, -0.15) is 0 Å². The summed E-state index contributed by atoms with van der Waals surface area (Å²) in [6.45, 7) is 0.871. The summed E-state index contributed by atoms with van der Waals surface area (Å²) < 4.78 is 0. The minimum Gasteiger partial charge on any atom is -0.367 e. The molecule has 1 aliphatic heterocycles. The van der Waals surface area contributed by atoms with E-state index < -0.39 is 0 Å². The summed E-state index contributed by atoms with van der Waals surface area (Å²) in [5.41, 5.74) is 1.16. The second-order valence-electron chi connectivity index (χ2n) is 5.25. The smallest absolute Gasteiger partial charge is 0.210 e. The quantitative estimate of drug-likeness (QED) is 0.828. The molecule has 0 radical (unpaired) electrons. The summed E-state index contributed by atoms with van der Waals surface area (Å²) in [5, 5.41) is 3.38. The van der Waals surface area contributed by atoms with Gasteiger partial charge < -0.3 is 10.2 Å². The van der Waals surface area contributed by atoms with Gasteiger partial charge in [0.2, 0.25) is 6.41 Å². The van der Waals surface area contributed by atoms with Crippen molar-refractivity contribution in [3.63, 3.8) is 0 Å². The molecule has 0 spiro atoms. The highest BCUT2D eigenvalue weighted by atomic mass is 16.1. The number of amides is 1. The number of aromatic nitrogens is 1. The average Bonchev–Trinajstić information content (AvgIpc) is 3.24. The molecular formula is C14H19N3O. The van der Waals surface area contributed by atoms with E-state index in [0.29, 0.717) is 6.04 Å². The maximum absolute atomic E-state index is 11.1. The van der Waals surface area contributed by atoms with Crippen LogP contribution in [0.4, 0.5) is 5.82 Å². The van der Waals surface area contributed by atoms with Crippen LogP contribution in [0.3, 0.4) is 0 Å². The number of anilines is 1. The van der Waals surface area contributed by atoms with Crippen LogP contribution in [0, 0.1) is 0 Å². The summed E-state index contributed by atoms with van der Waals surface area (Å²) in [7, 11) is 0. The van der Waals surface area contributed by atoms with Crippen molar-refractivity contribution in [2.45, 2.75) is 44.2 Å². The molecule has 1 aliphatic carbocycles. The normalized spacial score (nSPS) is 23.8. The number of rotatable bonds is 4. The number of nitrogens with one attached hydrogen (secondary N) is 1. The number of carbonyl (C=O) groups is 1. The molecule has 2 aliphatic rings. The Balaban J connectivity index is 1.71. The molecule has 1 aromatic heterocycles. The second kappa shape index (κ2) is 4.96. The summed E-state index contributed by atoms with van der Waals surface area (Å²) in [5.74, 6) is 0.953. The molecule has 2 fully saturated rings. The molecule has 2 heterocycles. The first-order valence-corrected chi connectivity index (χ1v) is 6.80. The molecule has 18 heavy (non-hydrogen) atoms. The number of nitrogens with zero attached hydrogens (tertiary/aromatic N) is 2. The van der Waals surface area contributed by atoms with Gasteiger partial charge in [0.15, 0.2) is 0 Å². The third-order valence-electron chi connectivity index (χ3n) is 3.78. The fraction of sp³-hybridized carbons (Fsp3) is 0.571. The Bertz CT molecular complexity index is 414. The highest BCUT2D eigenvalue weighted by Gasteiger charge is 2.24. The van der Waals surface area contributed by atoms with E-state index in [0.717, 1.165) is 37.2 Å². The lowest BCUT2D eigenvalue weighted by Crippen LogP contribution is -2.32. The molecule has 1 N–H and O–H groups in total. The van der Waals surface area contributed by atoms with E-state index in [1.54, 1.807) is 0 Å². The van der Waals surface area contributed by atoms with E-state index in [9.17, 15) is 4.79 Å². The largest absolute Gasteiger partial charge is 0.367 e. The van der Waals surface area contributed by atoms with Crippen LogP contribution in [0.1, 0.15) is 43.7 Å². The Morgan fingerprint density at radius 1 is 1.28 bits per heavy atom. The van der Waals surface area contributed by atoms with Crippen molar-refractivity contribution in [1.29, 1.82) is 0 Å². The third kappa shape index (κ3) is 2.47. The Labute approximate surface area is 107 Å². The molecule has 1 atom stereocenters. The first kappa shape index (κ1) is 11.5. The predicted octanol–water partition coefficient (Wildman–Crippen LogP) is 2.34. The number of carbonyl (C=O) groups excluding carboxylic acids is 1. The number of hydrogen-bond acceptors (Lipinski definition) is 3. The molecule has 0 bridgehead atoms. The van der Waals surface area contributed by atoms with Crippen LogP contribution < -0.4 is 5.32 Å². The van der Waals surface area contributed by atoms with Crippen molar-refractivity contribution < 1.29 is 4.79 Å². The Morgan fingerprint density at radius 2 is 2.17 bits per heavy atom. The predicted molar refractivity (Wildman–Crippen MR) is 70.2 cm³/mol. The highest BCUT2D eigenvalue weighted by Crippen LogP contribution is 2.30. The zero-order valence-corrected chi connectivity index (χ0v) is 10.5. The van der Waals surface area contributed by atoms with E-state index >= 15 is 0 Å². The lowest BCUT2D eigenvalue weighted by atomic mass is 9.97. The SMILES string of the molecule is O=CN1CCCCC1c1ccc(NC2CC2)nc1. The molecule has 4 heteroatoms. The molecule has 4 nitrogen and oxygen atoms in total. The standard InChI is InChI=1S/C14H19N3O/c18-10-17-8-2-1-3-13(17)11-4-7-14(15-9-11)16-12-5-6-12/h4,7,9-10,12-13H,1-3,5-6,8H2,(H,15,16). The number of pyridine rings is 1. The van der Waals surface area contributed by atoms with E-state index in [1.807, 2.05) is 17.2 Å². The average molecular weight is 245 g/mol. The molecule has 1 amide bonds. The highest BCUT2D eigenvalue weighted by molar-refractivity contribution is 5.49. The fourth-order valence-corrected chi connectivity index (χ4v) is 2.56. The van der Waals surface area contributed by atoms with Crippen molar-refractivity contribution in [1.82, 2.24) is 9.88 Å². The molecule has 96 valence electrons. The van der Waals surface area contributed by atoms with Crippen LogP contribution >= 0.6 is 0 Å². The van der Waals surface area contributed by atoms with Gasteiger partial charge in [-0.05, 0) is 43.7 Å². The van der Waals surface area contributed by atoms with Crippen LogP contribution in [0.25, 0.3) is 0 Å². The summed E-state index contributed by atoms with van der Waals surface area (Å²) in [6, 6.07) is 4.98. The Kier molecular flexibility index (Phi) is 3.17. The van der Waals surface area contributed by atoms with E-state index in [-0.39, 0.29) is 6.04 Å². The van der Waals surface area contributed by atoms with Crippen LogP contribution in [-0.4, -0.2) is 28.9 Å². The van der Waals surface area contributed by atoms with Crippen molar-refractivity contribution >= 4 is 12.2 Å². The van der Waals surface area contributed by atoms with Gasteiger partial charge in [-0.25, -0.2) is 4.98 Å². The molecule has 1 saturated carbocycles. The van der Waals surface area contributed by atoms with E-state index in [1.165, 1.54) is 19.3 Å². The van der Waals surface area contributed by atoms with Crippen LogP contribution in [0.5, 0.6) is 0 Å². The van der Waals surface area contributed by atoms with Crippen LogP contribution in [-0.2, 0) is 4.79 Å². The lowest BCUT2D eigenvalue weighted by Gasteiger charge is -2.32. The fourth-order valence-electron chi connectivity index (χ4n) is 2.56. The molecular weight excluding hydrogens is 226 g/mol. The third-order valence-corrected chi connectivity index (χ3v) is 3.78. The van der Waals surface area contributed by atoms with Gasteiger partial charge in [0.25, 0.3) is 0 Å². The first-order chi connectivity index (χ1) is 8.86. The first-order valence-electron chi connectivity index (χ1n) is 6.80. The van der Waals surface area contributed by atoms with Gasteiger partial charge in [-0.1, -0.05) is 6.07 Å². The van der Waals surface area contributed by atoms with Crippen molar-refractivity contribution in [3.8, 4) is 0 Å². The lowest BCUT2D eigenvalue weighted by molar-refractivity contribution is -0.121. The van der Waals surface area contributed by atoms with Crippen LogP contribution in [0.2, 0.25) is 0 Å². The topological polar surface area (TPSA) is 45.2 Å². The second-order valence-corrected chi connectivity index (χ2v) is 5.25. The molecule has 0 aromatic carbocycles. The monoisotopic (exact) mass is 245 g/mol. The van der Waals surface area contributed by atoms with Gasteiger partial charge in [0, 0.05) is 18.8 Å². The number of piperidine rings is 1. The van der Waals surface area contributed by atoms with Crippen molar-refractivity contribution in [2.24, 2.45) is 0 Å². The van der Waals surface area contributed by atoms with Crippen molar-refractivity contribution in [3.05, 3.63) is 23.9 Å². The van der Waals surface area contributed by atoms with Gasteiger partial charge in [-0.15, -0.1) is 0 Å². The number of hydrogen-bond donors (Lipinski definition) is 1. The number of likely N-dealkylation sites (tertiary alicyclic amines) is 1. The summed E-state index contributed by atoms with van der Waals surface area (Å²) >= 11 is 0. The summed E-state index contributed by atoms with van der Waals surface area (Å²) in [4.78, 5) is 17.4. The molecule has 3 rings (SSSR count). The van der Waals surface area contributed by atoms with Gasteiger partial charge in [0.05, 0.1) is 6.04 Å². The molecule has 1 aromatic rings. The zero-order chi connectivity index (χ0) is 12.4. The van der Waals surface area contributed by atoms with Crippen molar-refractivity contribution in [2.75, 3.05) is 11.9 Å². The minimum atomic E-state index is 0.221. The summed E-state index contributed by atoms with van der Waals surface area (Å²) in [6.07, 6.45) is 8.75. The van der Waals surface area contributed by atoms with E-state index in [4.69, 9.17) is 0 Å². The molecule has 1 saturated heterocycles. The van der Waals surface area contributed by atoms with E-state index in [2.05, 4.69) is 16.4 Å². The maximum atomic E-state index is 11.1. The minimum absolute atomic E-state index is 0.221. The Hall–Kier alpha value is -1.58.